The van der Waals surface area contributed by atoms with Crippen LogP contribution in [0.15, 0.2) is 11.2 Å². The van der Waals surface area contributed by atoms with Crippen LogP contribution < -0.4 is 0 Å². The molecule has 1 saturated heterocycles. The third-order valence-electron chi connectivity index (χ3n) is 3.53. The van der Waals surface area contributed by atoms with Crippen LogP contribution >= 0.6 is 0 Å². The smallest absolute Gasteiger partial charge is 0.262 e. The molecule has 1 fully saturated rings. The third kappa shape index (κ3) is 2.68. The van der Waals surface area contributed by atoms with Crippen LogP contribution in [0.2, 0.25) is 0 Å². The Morgan fingerprint density at radius 1 is 1.53 bits per heavy atom. The van der Waals surface area contributed by atoms with Crippen LogP contribution in [0.3, 0.4) is 0 Å². The first kappa shape index (κ1) is 14.5. The topological polar surface area (TPSA) is 75.4 Å². The zero-order valence-corrected chi connectivity index (χ0v) is 12.2. The highest BCUT2D eigenvalue weighted by atomic mass is 32.2. The molecule has 108 valence electrons. The predicted molar refractivity (Wildman–Crippen MR) is 71.3 cm³/mol. The van der Waals surface area contributed by atoms with Crippen molar-refractivity contribution in [3.8, 4) is 0 Å². The minimum Gasteiger partial charge on any atom is -0.395 e. The molecule has 0 aromatic carbocycles. The van der Waals surface area contributed by atoms with E-state index in [-0.39, 0.29) is 17.7 Å². The van der Waals surface area contributed by atoms with E-state index in [1.54, 1.807) is 6.20 Å². The van der Waals surface area contributed by atoms with Gasteiger partial charge in [-0.25, -0.2) is 13.4 Å². The average molecular weight is 287 g/mol. The summed E-state index contributed by atoms with van der Waals surface area (Å²) in [5, 5.41) is 9.36. The van der Waals surface area contributed by atoms with Gasteiger partial charge in [-0.05, 0) is 26.2 Å². The highest BCUT2D eigenvalue weighted by Gasteiger charge is 2.36. The van der Waals surface area contributed by atoms with Crippen molar-refractivity contribution in [3.63, 3.8) is 0 Å². The molecule has 1 aliphatic heterocycles. The summed E-state index contributed by atoms with van der Waals surface area (Å²) in [6, 6.07) is -0.304. The van der Waals surface area contributed by atoms with E-state index in [0.29, 0.717) is 18.8 Å². The van der Waals surface area contributed by atoms with Gasteiger partial charge in [0.25, 0.3) is 10.0 Å². The predicted octanol–water partition coefficient (Wildman–Crippen LogP) is 0.747. The molecule has 1 aromatic rings. The third-order valence-corrected chi connectivity index (χ3v) is 5.35. The number of hydrogen-bond donors (Lipinski definition) is 1. The summed E-state index contributed by atoms with van der Waals surface area (Å²) >= 11 is 0. The second-order valence-electron chi connectivity index (χ2n) is 4.91. The maximum absolute atomic E-state index is 12.5. The Kier molecular flexibility index (Phi) is 4.27. The molecule has 1 N–H and O–H groups in total. The van der Waals surface area contributed by atoms with E-state index in [4.69, 9.17) is 0 Å². The van der Waals surface area contributed by atoms with E-state index in [1.807, 2.05) is 18.4 Å². The lowest BCUT2D eigenvalue weighted by Gasteiger charge is -2.20. The van der Waals surface area contributed by atoms with Crippen molar-refractivity contribution in [2.24, 2.45) is 0 Å². The maximum Gasteiger partial charge on any atom is 0.262 e. The van der Waals surface area contributed by atoms with Crippen molar-refractivity contribution < 1.29 is 13.5 Å². The summed E-state index contributed by atoms with van der Waals surface area (Å²) in [6.07, 6.45) is 4.03. The normalized spacial score (nSPS) is 21.1. The number of aliphatic hydroxyl groups is 1. The fourth-order valence-corrected chi connectivity index (χ4v) is 4.18. The largest absolute Gasteiger partial charge is 0.395 e. The zero-order chi connectivity index (χ0) is 14.0. The Bertz CT molecular complexity index is 538. The molecule has 7 heteroatoms. The Morgan fingerprint density at radius 2 is 2.26 bits per heavy atom. The van der Waals surface area contributed by atoms with Gasteiger partial charge in [0.2, 0.25) is 0 Å². The van der Waals surface area contributed by atoms with Crippen LogP contribution in [0.4, 0.5) is 0 Å². The highest BCUT2D eigenvalue weighted by Crippen LogP contribution is 2.25. The molecular weight excluding hydrogens is 266 g/mol. The molecule has 0 spiro atoms. The standard InChI is InChI=1S/C12H21N3O3S/c1-3-6-14-8-12(13-10(14)2)19(17,18)15-7-4-5-11(15)9-16/h8,11,16H,3-7,9H2,1-2H3/t11-/m0/s1. The molecular formula is C12H21N3O3S. The van der Waals surface area contributed by atoms with Gasteiger partial charge < -0.3 is 9.67 Å². The van der Waals surface area contributed by atoms with Crippen molar-refractivity contribution >= 4 is 10.0 Å². The molecule has 1 aliphatic rings. The molecule has 6 nitrogen and oxygen atoms in total. The molecule has 2 rings (SSSR count). The van der Waals surface area contributed by atoms with Crippen LogP contribution in [0.5, 0.6) is 0 Å². The van der Waals surface area contributed by atoms with Gasteiger partial charge in [0.15, 0.2) is 5.03 Å². The van der Waals surface area contributed by atoms with E-state index in [1.165, 1.54) is 4.31 Å². The molecule has 0 bridgehead atoms. The molecule has 19 heavy (non-hydrogen) atoms. The first-order valence-electron chi connectivity index (χ1n) is 6.67. The van der Waals surface area contributed by atoms with Gasteiger partial charge in [0.1, 0.15) is 5.82 Å². The van der Waals surface area contributed by atoms with Crippen molar-refractivity contribution in [2.45, 2.75) is 50.7 Å². The number of hydrogen-bond acceptors (Lipinski definition) is 4. The molecule has 0 amide bonds. The van der Waals surface area contributed by atoms with Gasteiger partial charge in [-0.15, -0.1) is 0 Å². The second kappa shape index (κ2) is 5.60. The molecule has 0 radical (unpaired) electrons. The lowest BCUT2D eigenvalue weighted by molar-refractivity contribution is 0.213. The number of rotatable bonds is 5. The molecule has 0 unspecified atom stereocenters. The number of nitrogens with zero attached hydrogens (tertiary/aromatic N) is 3. The lowest BCUT2D eigenvalue weighted by atomic mass is 10.2. The Balaban J connectivity index is 2.31. The molecule has 1 atom stereocenters. The van der Waals surface area contributed by atoms with Crippen molar-refractivity contribution in [3.05, 3.63) is 12.0 Å². The van der Waals surface area contributed by atoms with Gasteiger partial charge in [-0.2, -0.15) is 4.31 Å². The van der Waals surface area contributed by atoms with Gasteiger partial charge in [-0.3, -0.25) is 0 Å². The SMILES string of the molecule is CCCn1cc(S(=O)(=O)N2CCC[C@H]2CO)nc1C. The number of aryl methyl sites for hydroxylation is 2. The molecule has 0 saturated carbocycles. The van der Waals surface area contributed by atoms with Gasteiger partial charge >= 0.3 is 0 Å². The minimum atomic E-state index is -3.58. The van der Waals surface area contributed by atoms with Crippen LogP contribution in [0.1, 0.15) is 32.0 Å². The van der Waals surface area contributed by atoms with Crippen LogP contribution in [0.25, 0.3) is 0 Å². The number of aliphatic hydroxyl groups excluding tert-OH is 1. The van der Waals surface area contributed by atoms with Crippen LogP contribution in [-0.4, -0.2) is 46.6 Å². The Hall–Kier alpha value is -0.920. The first-order chi connectivity index (χ1) is 9.00. The summed E-state index contributed by atoms with van der Waals surface area (Å²) in [4.78, 5) is 4.17. The van der Waals surface area contributed by atoms with Crippen molar-refractivity contribution in [1.82, 2.24) is 13.9 Å². The van der Waals surface area contributed by atoms with Gasteiger partial charge in [0.05, 0.1) is 6.61 Å². The van der Waals surface area contributed by atoms with Crippen LogP contribution in [-0.2, 0) is 16.6 Å². The molecule has 1 aromatic heterocycles. The molecule has 0 aliphatic carbocycles. The fourth-order valence-electron chi connectivity index (χ4n) is 2.50. The minimum absolute atomic E-state index is 0.0961. The number of imidazole rings is 1. The first-order valence-corrected chi connectivity index (χ1v) is 8.11. The van der Waals surface area contributed by atoms with Gasteiger partial charge in [-0.1, -0.05) is 6.92 Å². The maximum atomic E-state index is 12.5. The average Bonchev–Trinajstić information content (AvgIpc) is 2.97. The van der Waals surface area contributed by atoms with E-state index in [0.717, 1.165) is 19.4 Å². The fraction of sp³-hybridized carbons (Fsp3) is 0.750. The van der Waals surface area contributed by atoms with E-state index >= 15 is 0 Å². The van der Waals surface area contributed by atoms with Gasteiger partial charge in [0, 0.05) is 25.3 Å². The summed E-state index contributed by atoms with van der Waals surface area (Å²) in [7, 11) is -3.58. The van der Waals surface area contributed by atoms with E-state index in [2.05, 4.69) is 4.98 Å². The molecule has 2 heterocycles. The summed E-state index contributed by atoms with van der Waals surface area (Å²) in [6.45, 7) is 4.94. The highest BCUT2D eigenvalue weighted by molar-refractivity contribution is 7.89. The Morgan fingerprint density at radius 3 is 2.89 bits per heavy atom. The van der Waals surface area contributed by atoms with Crippen LogP contribution in [0, 0.1) is 6.92 Å². The van der Waals surface area contributed by atoms with E-state index < -0.39 is 10.0 Å². The second-order valence-corrected chi connectivity index (χ2v) is 6.75. The summed E-state index contributed by atoms with van der Waals surface area (Å²) in [5.41, 5.74) is 0. The van der Waals surface area contributed by atoms with Crippen molar-refractivity contribution in [1.29, 1.82) is 0 Å². The lowest BCUT2D eigenvalue weighted by Crippen LogP contribution is -2.37. The monoisotopic (exact) mass is 287 g/mol. The van der Waals surface area contributed by atoms with Crippen molar-refractivity contribution in [2.75, 3.05) is 13.2 Å². The van der Waals surface area contributed by atoms with E-state index in [9.17, 15) is 13.5 Å². The quantitative estimate of drug-likeness (QED) is 0.867. The number of aromatic nitrogens is 2. The summed E-state index contributed by atoms with van der Waals surface area (Å²) < 4.78 is 28.3. The zero-order valence-electron chi connectivity index (χ0n) is 11.4. The summed E-state index contributed by atoms with van der Waals surface area (Å²) in [5.74, 6) is 0.708. The Labute approximate surface area is 114 Å². The number of sulfonamides is 1.